The van der Waals surface area contributed by atoms with E-state index in [1.165, 1.54) is 23.1 Å². The lowest BCUT2D eigenvalue weighted by Gasteiger charge is -2.22. The SMILES string of the molecule is C=Cc1c(C(=C)c2nc(-c3ccccc3)nc(-c3ccccc3)n2)sc(/C(=C\C)c2ccc3c(c2)C(C)(C)c2ccc4ncoc4c2-3)c1C=C. The van der Waals surface area contributed by atoms with Gasteiger partial charge in [0, 0.05) is 48.6 Å². The van der Waals surface area contributed by atoms with Gasteiger partial charge in [0.15, 0.2) is 29.4 Å². The number of aromatic nitrogens is 4. The van der Waals surface area contributed by atoms with E-state index in [4.69, 9.17) is 19.4 Å². The van der Waals surface area contributed by atoms with E-state index >= 15 is 0 Å². The molecule has 0 amide bonds. The minimum Gasteiger partial charge on any atom is -0.443 e. The zero-order valence-electron chi connectivity index (χ0n) is 28.2. The summed E-state index contributed by atoms with van der Waals surface area (Å²) in [5.41, 5.74) is 13.0. The van der Waals surface area contributed by atoms with Crippen molar-refractivity contribution in [2.75, 3.05) is 0 Å². The first-order valence-electron chi connectivity index (χ1n) is 16.5. The Bertz CT molecular complexity index is 2460. The van der Waals surface area contributed by atoms with Gasteiger partial charge in [0.2, 0.25) is 0 Å². The molecule has 3 aromatic heterocycles. The van der Waals surface area contributed by atoms with Crippen molar-refractivity contribution in [1.29, 1.82) is 0 Å². The van der Waals surface area contributed by atoms with Gasteiger partial charge in [-0.25, -0.2) is 19.9 Å². The molecule has 0 unspecified atom stereocenters. The average molecular weight is 667 g/mol. The molecule has 1 aliphatic carbocycles. The zero-order valence-corrected chi connectivity index (χ0v) is 29.0. The molecule has 7 aromatic rings. The van der Waals surface area contributed by atoms with E-state index in [1.54, 1.807) is 11.3 Å². The summed E-state index contributed by atoms with van der Waals surface area (Å²) in [6.45, 7) is 19.7. The summed E-state index contributed by atoms with van der Waals surface area (Å²) >= 11 is 1.66. The highest BCUT2D eigenvalue weighted by Gasteiger charge is 2.38. The van der Waals surface area contributed by atoms with Crippen LogP contribution < -0.4 is 0 Å². The van der Waals surface area contributed by atoms with Crippen molar-refractivity contribution in [3.05, 3.63) is 167 Å². The van der Waals surface area contributed by atoms with E-state index in [-0.39, 0.29) is 5.41 Å². The van der Waals surface area contributed by atoms with Crippen LogP contribution in [0.4, 0.5) is 0 Å². The minimum absolute atomic E-state index is 0.214. The van der Waals surface area contributed by atoms with E-state index in [2.05, 4.69) is 81.9 Å². The minimum atomic E-state index is -0.214. The third kappa shape index (κ3) is 4.91. The van der Waals surface area contributed by atoms with Crippen LogP contribution in [0.25, 0.3) is 68.3 Å². The largest absolute Gasteiger partial charge is 0.443 e. The van der Waals surface area contributed by atoms with Gasteiger partial charge >= 0.3 is 0 Å². The summed E-state index contributed by atoms with van der Waals surface area (Å²) in [6.07, 6.45) is 7.50. The molecule has 242 valence electrons. The van der Waals surface area contributed by atoms with Crippen molar-refractivity contribution in [3.63, 3.8) is 0 Å². The summed E-state index contributed by atoms with van der Waals surface area (Å²) in [4.78, 5) is 21.2. The summed E-state index contributed by atoms with van der Waals surface area (Å²) in [6, 6.07) is 30.9. The molecule has 0 radical (unpaired) electrons. The highest BCUT2D eigenvalue weighted by atomic mass is 32.1. The lowest BCUT2D eigenvalue weighted by atomic mass is 9.81. The molecule has 4 aromatic carbocycles. The predicted molar refractivity (Wildman–Crippen MR) is 208 cm³/mol. The van der Waals surface area contributed by atoms with Crippen molar-refractivity contribution in [3.8, 4) is 33.9 Å². The van der Waals surface area contributed by atoms with Crippen LogP contribution in [0.2, 0.25) is 0 Å². The molecule has 0 spiro atoms. The second-order valence-corrected chi connectivity index (χ2v) is 13.8. The molecular weight excluding hydrogens is 633 g/mol. The number of oxazole rings is 1. The maximum absolute atomic E-state index is 5.90. The predicted octanol–water partition coefficient (Wildman–Crippen LogP) is 11.5. The number of hydrogen-bond acceptors (Lipinski definition) is 6. The molecule has 0 aliphatic heterocycles. The van der Waals surface area contributed by atoms with Gasteiger partial charge in [-0.15, -0.1) is 11.3 Å². The number of hydrogen-bond donors (Lipinski definition) is 0. The van der Waals surface area contributed by atoms with Gasteiger partial charge in [-0.05, 0) is 46.9 Å². The third-order valence-corrected chi connectivity index (χ3v) is 10.9. The molecule has 0 fully saturated rings. The van der Waals surface area contributed by atoms with Crippen LogP contribution in [0.15, 0.2) is 128 Å². The second kappa shape index (κ2) is 12.2. The molecular formula is C44H34N4OS. The molecule has 5 nitrogen and oxygen atoms in total. The fraction of sp³-hybridized carbons (Fsp3) is 0.0909. The number of thiophene rings is 1. The Morgan fingerprint density at radius 1 is 0.760 bits per heavy atom. The van der Waals surface area contributed by atoms with Gasteiger partial charge in [-0.2, -0.15) is 0 Å². The molecule has 1 aliphatic rings. The quantitative estimate of drug-likeness (QED) is 0.161. The van der Waals surface area contributed by atoms with Gasteiger partial charge in [0.05, 0.1) is 0 Å². The van der Waals surface area contributed by atoms with Crippen LogP contribution in [0, 0.1) is 0 Å². The number of allylic oxidation sites excluding steroid dienone is 1. The highest BCUT2D eigenvalue weighted by Crippen LogP contribution is 2.52. The Morgan fingerprint density at radius 3 is 2.02 bits per heavy atom. The third-order valence-electron chi connectivity index (χ3n) is 9.61. The van der Waals surface area contributed by atoms with Crippen LogP contribution in [0.5, 0.6) is 0 Å². The monoisotopic (exact) mass is 666 g/mol. The topological polar surface area (TPSA) is 64.7 Å². The summed E-state index contributed by atoms with van der Waals surface area (Å²) in [5.74, 6) is 1.70. The first-order valence-corrected chi connectivity index (χ1v) is 17.3. The molecule has 8 rings (SSSR count). The number of fused-ring (bicyclic) bond motifs is 5. The van der Waals surface area contributed by atoms with E-state index in [0.29, 0.717) is 23.0 Å². The van der Waals surface area contributed by atoms with Crippen LogP contribution in [0.1, 0.15) is 64.2 Å². The van der Waals surface area contributed by atoms with Crippen LogP contribution in [0.3, 0.4) is 0 Å². The van der Waals surface area contributed by atoms with Gasteiger partial charge in [0.25, 0.3) is 0 Å². The molecule has 6 heteroatoms. The van der Waals surface area contributed by atoms with Crippen LogP contribution in [-0.2, 0) is 5.41 Å². The van der Waals surface area contributed by atoms with Gasteiger partial charge < -0.3 is 4.42 Å². The fourth-order valence-corrected chi connectivity index (χ4v) is 8.44. The Balaban J connectivity index is 1.25. The van der Waals surface area contributed by atoms with E-state index in [0.717, 1.165) is 59.8 Å². The van der Waals surface area contributed by atoms with Gasteiger partial charge in [0.1, 0.15) is 5.52 Å². The van der Waals surface area contributed by atoms with E-state index in [1.807, 2.05) is 72.8 Å². The van der Waals surface area contributed by atoms with Crippen LogP contribution >= 0.6 is 11.3 Å². The lowest BCUT2D eigenvalue weighted by Crippen LogP contribution is -2.15. The Kier molecular flexibility index (Phi) is 7.61. The van der Waals surface area contributed by atoms with Gasteiger partial charge in [-0.1, -0.05) is 131 Å². The zero-order chi connectivity index (χ0) is 34.6. The average Bonchev–Trinajstić information content (AvgIpc) is 3.85. The smallest absolute Gasteiger partial charge is 0.182 e. The lowest BCUT2D eigenvalue weighted by molar-refractivity contribution is 0.601. The summed E-state index contributed by atoms with van der Waals surface area (Å²) in [5, 5.41) is 0. The second-order valence-electron chi connectivity index (χ2n) is 12.8. The normalized spacial score (nSPS) is 13.2. The van der Waals surface area contributed by atoms with Gasteiger partial charge in [-0.3, -0.25) is 0 Å². The molecule has 0 saturated carbocycles. The first kappa shape index (κ1) is 31.3. The molecule has 0 bridgehead atoms. The molecule has 3 heterocycles. The Labute approximate surface area is 295 Å². The van der Waals surface area contributed by atoms with Crippen molar-refractivity contribution in [2.45, 2.75) is 26.2 Å². The number of rotatable bonds is 8. The van der Waals surface area contributed by atoms with E-state index in [9.17, 15) is 0 Å². The summed E-state index contributed by atoms with van der Waals surface area (Å²) < 4.78 is 5.90. The highest BCUT2D eigenvalue weighted by molar-refractivity contribution is 7.15. The molecule has 50 heavy (non-hydrogen) atoms. The van der Waals surface area contributed by atoms with Crippen molar-refractivity contribution in [2.24, 2.45) is 0 Å². The van der Waals surface area contributed by atoms with Crippen molar-refractivity contribution in [1.82, 2.24) is 19.9 Å². The molecule has 0 saturated heterocycles. The Morgan fingerprint density at radius 2 is 1.40 bits per heavy atom. The summed E-state index contributed by atoms with van der Waals surface area (Å²) in [7, 11) is 0. The van der Waals surface area contributed by atoms with Crippen molar-refractivity contribution < 1.29 is 4.42 Å². The molecule has 0 N–H and O–H groups in total. The van der Waals surface area contributed by atoms with E-state index < -0.39 is 0 Å². The molecule has 0 atom stereocenters. The maximum atomic E-state index is 5.90. The Hall–Kier alpha value is -5.98. The first-order chi connectivity index (χ1) is 24.3. The van der Waals surface area contributed by atoms with Crippen LogP contribution in [-0.4, -0.2) is 19.9 Å². The standard InChI is InChI=1S/C44H34N4OS/c1-7-30(29-20-21-33-35(24-29)44(5,6)34-22-23-36-38(37(33)34)49-25-45-36)40-32(9-3)31(8-2)39(50-40)26(4)41-46-42(27-16-12-10-13-17-27)48-43(47-41)28-18-14-11-15-19-28/h7-25H,2-4H2,1,5-6H3/b30-7-. The number of nitrogens with zero attached hydrogens (tertiary/aromatic N) is 4. The maximum Gasteiger partial charge on any atom is 0.182 e. The fourth-order valence-electron chi connectivity index (χ4n) is 7.07. The van der Waals surface area contributed by atoms with Crippen molar-refractivity contribution >= 4 is 45.7 Å². The number of benzene rings is 4.